The molecule has 2 fully saturated rings. The summed E-state index contributed by atoms with van der Waals surface area (Å²) in [5, 5.41) is 0. The summed E-state index contributed by atoms with van der Waals surface area (Å²) in [4.78, 5) is 56.6. The molecule has 3 aromatic rings. The van der Waals surface area contributed by atoms with E-state index in [0.717, 1.165) is 23.1 Å². The van der Waals surface area contributed by atoms with E-state index >= 15 is 0 Å². The molecule has 0 saturated heterocycles. The topological polar surface area (TPSA) is 132 Å². The van der Waals surface area contributed by atoms with Crippen LogP contribution in [0, 0.1) is 101 Å². The van der Waals surface area contributed by atoms with Gasteiger partial charge >= 0.3 is 17.9 Å². The lowest BCUT2D eigenvalue weighted by molar-refractivity contribution is -0.135. The number of esters is 3. The lowest BCUT2D eigenvalue weighted by atomic mass is 9.73. The minimum atomic E-state index is -0.377. The zero-order chi connectivity index (χ0) is 45.6. The second-order valence-electron chi connectivity index (χ2n) is 14.3. The molecule has 6 rings (SSSR count). The van der Waals surface area contributed by atoms with Crippen molar-refractivity contribution in [2.75, 3.05) is 48.8 Å². The fourth-order valence-electron chi connectivity index (χ4n) is 6.10. The molecular weight excluding hydrogens is 797 g/mol. The number of ketones is 2. The van der Waals surface area contributed by atoms with Gasteiger partial charge in [-0.05, 0) is 122 Å². The first kappa shape index (κ1) is 48.1. The molecule has 10 heteroatoms. The summed E-state index contributed by atoms with van der Waals surface area (Å²) < 4.78 is 23.9. The molecule has 5 atom stereocenters. The Morgan fingerprint density at radius 1 is 0.492 bits per heavy atom. The minimum absolute atomic E-state index is 0.0449. The predicted octanol–water partition coefficient (Wildman–Crippen LogP) is 6.15. The highest BCUT2D eigenvalue weighted by Gasteiger charge is 2.39. The van der Waals surface area contributed by atoms with Crippen LogP contribution in [-0.2, 0) is 33.3 Å². The minimum Gasteiger partial charge on any atom is -0.465 e. The third-order valence-corrected chi connectivity index (χ3v) is 9.86. The van der Waals surface area contributed by atoms with Crippen LogP contribution in [0.4, 0.5) is 0 Å². The number of rotatable bonds is 7. The zero-order valence-electron chi connectivity index (χ0n) is 36.0. The third kappa shape index (κ3) is 15.1. The number of ether oxygens (including phenoxy) is 5. The van der Waals surface area contributed by atoms with Crippen molar-refractivity contribution in [1.29, 1.82) is 0 Å². The van der Waals surface area contributed by atoms with Crippen LogP contribution >= 0.6 is 0 Å². The Kier molecular flexibility index (Phi) is 19.3. The first-order valence-electron chi connectivity index (χ1n) is 19.8. The number of carbonyl (C=O) groups is 5. The van der Waals surface area contributed by atoms with Gasteiger partial charge in [-0.15, -0.1) is 0 Å². The molecule has 318 valence electrons. The van der Waals surface area contributed by atoms with Gasteiger partial charge in [0.1, 0.15) is 11.6 Å². The SMILES string of the molecule is COC(=O)c1ccc(C#CC#CC2C=C(C)C2)cc1.COC[C@@H]1C(=O)C[C@@H]1C#CC#Cc1ccc(C(=O)OC)cc1.COC[C@H]1C(=O)C[C@@H]1C#CC#Cc1ccc(C(=O)OC)cc1. The monoisotopic (exact) mass is 842 g/mol. The largest absolute Gasteiger partial charge is 0.465 e. The summed E-state index contributed by atoms with van der Waals surface area (Å²) in [6, 6.07) is 20.5. The molecule has 63 heavy (non-hydrogen) atoms. The van der Waals surface area contributed by atoms with Crippen LogP contribution in [0.2, 0.25) is 0 Å². The zero-order valence-corrected chi connectivity index (χ0v) is 36.0. The standard InChI is InChI=1S/2C18H16O4.C17H14O2/c2*1-21-12-16-15(11-17(16)19)6-4-3-5-13-7-9-14(10-8-13)18(20)22-2;1-13-11-15(12-13)6-4-3-5-14-7-9-16(10-8-14)17(18)19-2/h2*7-10,15-16H,11-12H2,1-2H3;7-11,15H,12H2,1-2H3/t15-,16+;15-,16-;/m00./s1. The van der Waals surface area contributed by atoms with Crippen LogP contribution in [-0.4, -0.2) is 78.2 Å². The molecule has 2 saturated carbocycles. The van der Waals surface area contributed by atoms with Crippen LogP contribution in [0.1, 0.15) is 74.0 Å². The maximum Gasteiger partial charge on any atom is 0.337 e. The van der Waals surface area contributed by atoms with Crippen LogP contribution in [0.5, 0.6) is 0 Å². The van der Waals surface area contributed by atoms with Crippen molar-refractivity contribution >= 4 is 29.5 Å². The van der Waals surface area contributed by atoms with Crippen molar-refractivity contribution in [1.82, 2.24) is 0 Å². The van der Waals surface area contributed by atoms with Gasteiger partial charge in [-0.2, -0.15) is 0 Å². The van der Waals surface area contributed by atoms with E-state index in [-0.39, 0.29) is 53.1 Å². The summed E-state index contributed by atoms with van der Waals surface area (Å²) in [6.45, 7) is 2.94. The fourth-order valence-corrected chi connectivity index (χ4v) is 6.10. The highest BCUT2D eigenvalue weighted by Crippen LogP contribution is 2.31. The molecule has 3 aliphatic rings. The van der Waals surface area contributed by atoms with Crippen molar-refractivity contribution in [2.45, 2.75) is 26.2 Å². The Morgan fingerprint density at radius 3 is 1.08 bits per heavy atom. The second kappa shape index (κ2) is 25.3. The first-order chi connectivity index (χ1) is 30.5. The number of hydrogen-bond acceptors (Lipinski definition) is 10. The van der Waals surface area contributed by atoms with Crippen LogP contribution in [0.15, 0.2) is 84.4 Å². The Hall–Kier alpha value is -7.57. The molecule has 0 radical (unpaired) electrons. The molecule has 0 N–H and O–H groups in total. The highest BCUT2D eigenvalue weighted by atomic mass is 16.5. The van der Waals surface area contributed by atoms with E-state index in [9.17, 15) is 24.0 Å². The number of benzene rings is 3. The smallest absolute Gasteiger partial charge is 0.337 e. The quantitative estimate of drug-likeness (QED) is 0.118. The maximum absolute atomic E-state index is 11.4. The molecule has 0 aromatic heterocycles. The predicted molar refractivity (Wildman–Crippen MR) is 236 cm³/mol. The van der Waals surface area contributed by atoms with Crippen LogP contribution < -0.4 is 0 Å². The van der Waals surface area contributed by atoms with Gasteiger partial charge in [0.2, 0.25) is 0 Å². The Balaban J connectivity index is 0.000000208. The van der Waals surface area contributed by atoms with Gasteiger partial charge in [-0.25, -0.2) is 14.4 Å². The van der Waals surface area contributed by atoms with Crippen LogP contribution in [0.3, 0.4) is 0 Å². The van der Waals surface area contributed by atoms with Crippen molar-refractivity contribution in [3.8, 4) is 71.0 Å². The Morgan fingerprint density at radius 2 is 0.810 bits per heavy atom. The number of hydrogen-bond donors (Lipinski definition) is 0. The van der Waals surface area contributed by atoms with Crippen molar-refractivity contribution in [2.24, 2.45) is 29.6 Å². The molecular formula is C53H46O10. The summed E-state index contributed by atoms with van der Waals surface area (Å²) in [7, 11) is 7.20. The van der Waals surface area contributed by atoms with E-state index < -0.39 is 0 Å². The van der Waals surface area contributed by atoms with Gasteiger partial charge in [-0.1, -0.05) is 47.2 Å². The van der Waals surface area contributed by atoms with Crippen molar-refractivity contribution in [3.63, 3.8) is 0 Å². The molecule has 1 unspecified atom stereocenters. The molecule has 0 heterocycles. The molecule has 3 aromatic carbocycles. The van der Waals surface area contributed by atoms with E-state index in [0.29, 0.717) is 48.7 Å². The lowest BCUT2D eigenvalue weighted by Crippen LogP contribution is -2.39. The first-order valence-corrected chi connectivity index (χ1v) is 19.8. The van der Waals surface area contributed by atoms with Gasteiger partial charge < -0.3 is 23.7 Å². The van der Waals surface area contributed by atoms with Gasteiger partial charge in [0.15, 0.2) is 0 Å². The molecule has 0 spiro atoms. The van der Waals surface area contributed by atoms with Gasteiger partial charge in [0.25, 0.3) is 0 Å². The maximum atomic E-state index is 11.4. The fraction of sp³-hybridized carbons (Fsp3) is 0.302. The number of allylic oxidation sites excluding steroid dienone is 2. The lowest BCUT2D eigenvalue weighted by Gasteiger charge is -2.30. The Labute approximate surface area is 369 Å². The second-order valence-corrected chi connectivity index (χ2v) is 14.3. The van der Waals surface area contributed by atoms with E-state index in [1.807, 2.05) is 0 Å². The molecule has 3 aliphatic carbocycles. The summed E-state index contributed by atoms with van der Waals surface area (Å²) >= 11 is 0. The van der Waals surface area contributed by atoms with E-state index in [1.54, 1.807) is 87.0 Å². The van der Waals surface area contributed by atoms with Crippen molar-refractivity contribution in [3.05, 3.63) is 118 Å². The van der Waals surface area contributed by atoms with Gasteiger partial charge in [0.05, 0.1) is 63.1 Å². The van der Waals surface area contributed by atoms with E-state index in [2.05, 4.69) is 98.3 Å². The average Bonchev–Trinajstić information content (AvgIpc) is 3.30. The highest BCUT2D eigenvalue weighted by molar-refractivity contribution is 5.91. The molecule has 0 amide bonds. The summed E-state index contributed by atoms with van der Waals surface area (Å²) in [5.41, 5.74) is 5.24. The van der Waals surface area contributed by atoms with Gasteiger partial charge in [0, 0.05) is 61.5 Å². The average molecular weight is 843 g/mol. The normalized spacial score (nSPS) is 18.1. The molecule has 0 aliphatic heterocycles. The van der Waals surface area contributed by atoms with Crippen molar-refractivity contribution < 1.29 is 47.7 Å². The summed E-state index contributed by atoms with van der Waals surface area (Å²) in [5.74, 6) is 34.1. The van der Waals surface area contributed by atoms with E-state index in [1.165, 1.54) is 26.9 Å². The number of carbonyl (C=O) groups excluding carboxylic acids is 5. The number of Topliss-reactive ketones (excluding diaryl/α,β-unsaturated/α-hetero) is 2. The van der Waals surface area contributed by atoms with Gasteiger partial charge in [-0.3, -0.25) is 9.59 Å². The van der Waals surface area contributed by atoms with E-state index in [4.69, 9.17) is 9.47 Å². The molecule has 0 bridgehead atoms. The van der Waals surface area contributed by atoms with Crippen LogP contribution in [0.25, 0.3) is 0 Å². The Bertz CT molecular complexity index is 2440. The third-order valence-electron chi connectivity index (χ3n) is 9.86. The molecule has 10 nitrogen and oxygen atoms in total. The summed E-state index contributed by atoms with van der Waals surface area (Å²) in [6.07, 6.45) is 4.18. The number of methoxy groups -OCH3 is 5.